The molecule has 2 saturated heterocycles. The van der Waals surface area contributed by atoms with Crippen molar-refractivity contribution in [2.24, 2.45) is 16.3 Å². The molecule has 0 radical (unpaired) electrons. The molecule has 4 aliphatic rings. The molecule has 3 aliphatic heterocycles. The van der Waals surface area contributed by atoms with Crippen LogP contribution >= 0.6 is 0 Å². The maximum atomic E-state index is 13.5. The summed E-state index contributed by atoms with van der Waals surface area (Å²) in [4.78, 5) is 45.2. The predicted octanol–water partition coefficient (Wildman–Crippen LogP) is 4.11. The van der Waals surface area contributed by atoms with E-state index in [0.29, 0.717) is 12.0 Å². The molecule has 7 nitrogen and oxygen atoms in total. The van der Waals surface area contributed by atoms with Gasteiger partial charge in [0.2, 0.25) is 11.8 Å². The van der Waals surface area contributed by atoms with Crippen molar-refractivity contribution in [2.75, 3.05) is 6.54 Å². The molecular formula is C31H31F3N4O3. The lowest BCUT2D eigenvalue weighted by molar-refractivity contribution is -0.170. The van der Waals surface area contributed by atoms with Crippen LogP contribution in [-0.2, 0) is 16.0 Å². The van der Waals surface area contributed by atoms with E-state index in [4.69, 9.17) is 0 Å². The Hall–Kier alpha value is -3.95. The largest absolute Gasteiger partial charge is 0.406 e. The van der Waals surface area contributed by atoms with Gasteiger partial charge in [-0.1, -0.05) is 49.4 Å². The quantitative estimate of drug-likeness (QED) is 0.586. The highest BCUT2D eigenvalue weighted by atomic mass is 19.4. The molecule has 1 spiro atoms. The number of likely N-dealkylation sites (tertiary alicyclic amines) is 1. The van der Waals surface area contributed by atoms with E-state index in [1.54, 1.807) is 37.4 Å². The van der Waals surface area contributed by atoms with Crippen LogP contribution in [0.4, 0.5) is 13.2 Å². The lowest BCUT2D eigenvalue weighted by Gasteiger charge is -2.43. The molecule has 3 amide bonds. The Kier molecular flexibility index (Phi) is 6.54. The van der Waals surface area contributed by atoms with Crippen molar-refractivity contribution in [1.29, 1.82) is 0 Å². The van der Waals surface area contributed by atoms with Crippen LogP contribution in [0.2, 0.25) is 0 Å². The molecule has 0 saturated carbocycles. The van der Waals surface area contributed by atoms with E-state index in [1.165, 1.54) is 0 Å². The number of alkyl halides is 3. The number of rotatable bonds is 4. The number of piperidine rings is 1. The van der Waals surface area contributed by atoms with E-state index >= 15 is 0 Å². The van der Waals surface area contributed by atoms with Gasteiger partial charge in [0.25, 0.3) is 5.91 Å². The second kappa shape index (κ2) is 9.85. The standard InChI is InChI=1S/C31H31F3N4O3/c1-17-22-11-10-20(13-21(22)15-30(17)24-9-6-12-35-26(24)37-29(30)41)27(39)36-25-14-23(19-7-4-3-5-8-19)18(2)38(28(25)40)16-31(32,33)34/h3-13,17-18,23-26H,14-16H2,1-2H3,(H,36,39)(H,37,41)/t17-,18-,23-,24?,25+,26?,30-/m1/s1. The number of carbonyl (C=O) groups is 3. The number of amides is 3. The van der Waals surface area contributed by atoms with Gasteiger partial charge >= 0.3 is 6.18 Å². The lowest BCUT2D eigenvalue weighted by Crippen LogP contribution is -2.59. The van der Waals surface area contributed by atoms with Crippen molar-refractivity contribution >= 4 is 23.9 Å². The lowest BCUT2D eigenvalue weighted by atomic mass is 9.68. The fourth-order valence-electron chi connectivity index (χ4n) is 7.32. The topological polar surface area (TPSA) is 90.9 Å². The molecule has 2 fully saturated rings. The highest BCUT2D eigenvalue weighted by Crippen LogP contribution is 2.56. The second-order valence-corrected chi connectivity index (χ2v) is 11.6. The van der Waals surface area contributed by atoms with Gasteiger partial charge in [0.05, 0.1) is 5.41 Å². The Morgan fingerprint density at radius 1 is 1.15 bits per heavy atom. The molecule has 2 N–H and O–H groups in total. The van der Waals surface area contributed by atoms with Crippen molar-refractivity contribution in [1.82, 2.24) is 15.5 Å². The highest BCUT2D eigenvalue weighted by Gasteiger charge is 2.60. The molecule has 0 aromatic heterocycles. The minimum atomic E-state index is -4.58. The van der Waals surface area contributed by atoms with Crippen LogP contribution in [-0.4, -0.2) is 59.8 Å². The van der Waals surface area contributed by atoms with Crippen LogP contribution in [0.25, 0.3) is 0 Å². The molecule has 2 aromatic rings. The van der Waals surface area contributed by atoms with E-state index in [1.807, 2.05) is 43.3 Å². The third-order valence-corrected chi connectivity index (χ3v) is 9.44. The van der Waals surface area contributed by atoms with E-state index in [-0.39, 0.29) is 36.2 Å². The van der Waals surface area contributed by atoms with Crippen molar-refractivity contribution in [3.8, 4) is 0 Å². The molecule has 1 aliphatic carbocycles. The van der Waals surface area contributed by atoms with Crippen LogP contribution < -0.4 is 10.6 Å². The molecule has 214 valence electrons. The molecule has 41 heavy (non-hydrogen) atoms. The van der Waals surface area contributed by atoms with Crippen LogP contribution in [0.1, 0.15) is 59.2 Å². The maximum Gasteiger partial charge on any atom is 0.406 e. The summed E-state index contributed by atoms with van der Waals surface area (Å²) in [5.41, 5.74) is 2.24. The smallest absolute Gasteiger partial charge is 0.340 e. The number of nitrogens with one attached hydrogen (secondary N) is 2. The number of halogens is 3. The van der Waals surface area contributed by atoms with Gasteiger partial charge in [-0.05, 0) is 60.6 Å². The van der Waals surface area contributed by atoms with Gasteiger partial charge in [0.15, 0.2) is 0 Å². The number of fused-ring (bicyclic) bond motifs is 3. The van der Waals surface area contributed by atoms with Crippen molar-refractivity contribution in [3.05, 3.63) is 82.9 Å². The highest BCUT2D eigenvalue weighted by molar-refractivity contribution is 5.98. The summed E-state index contributed by atoms with van der Waals surface area (Å²) in [5.74, 6) is -1.96. The number of aliphatic imine (C=N–C) groups is 1. The molecule has 6 rings (SSSR count). The number of carbonyl (C=O) groups excluding carboxylic acids is 3. The molecule has 2 unspecified atom stereocenters. The van der Waals surface area contributed by atoms with Gasteiger partial charge in [-0.15, -0.1) is 0 Å². The zero-order valence-corrected chi connectivity index (χ0v) is 22.7. The second-order valence-electron chi connectivity index (χ2n) is 11.6. The number of benzene rings is 2. The first-order valence-electron chi connectivity index (χ1n) is 13.9. The number of hydrogen-bond acceptors (Lipinski definition) is 4. The summed E-state index contributed by atoms with van der Waals surface area (Å²) < 4.78 is 40.4. The summed E-state index contributed by atoms with van der Waals surface area (Å²) in [6.07, 6.45) is 1.28. The first-order chi connectivity index (χ1) is 19.5. The molecular weight excluding hydrogens is 533 g/mol. The van der Waals surface area contributed by atoms with Crippen molar-refractivity contribution in [3.63, 3.8) is 0 Å². The summed E-state index contributed by atoms with van der Waals surface area (Å²) in [5, 5.41) is 5.73. The normalized spacial score (nSPS) is 32.2. The van der Waals surface area contributed by atoms with Crippen LogP contribution in [0.3, 0.4) is 0 Å². The zero-order chi connectivity index (χ0) is 29.1. The van der Waals surface area contributed by atoms with E-state index in [0.717, 1.165) is 21.6 Å². The fraction of sp³-hybridized carbons (Fsp3) is 0.419. The van der Waals surface area contributed by atoms with E-state index < -0.39 is 42.0 Å². The van der Waals surface area contributed by atoms with E-state index in [2.05, 4.69) is 15.6 Å². The van der Waals surface area contributed by atoms with Gasteiger partial charge in [0.1, 0.15) is 18.8 Å². The van der Waals surface area contributed by atoms with Gasteiger partial charge < -0.3 is 15.5 Å². The summed E-state index contributed by atoms with van der Waals surface area (Å²) in [6.45, 7) is 2.25. The number of dihydropyridines is 1. The van der Waals surface area contributed by atoms with Gasteiger partial charge in [-0.3, -0.25) is 19.4 Å². The zero-order valence-electron chi connectivity index (χ0n) is 22.7. The Morgan fingerprint density at radius 3 is 2.63 bits per heavy atom. The Balaban J connectivity index is 1.25. The van der Waals surface area contributed by atoms with E-state index in [9.17, 15) is 27.6 Å². The third kappa shape index (κ3) is 4.53. The predicted molar refractivity (Wildman–Crippen MR) is 146 cm³/mol. The Labute approximate surface area is 235 Å². The number of allylic oxidation sites excluding steroid dienone is 1. The minimum absolute atomic E-state index is 0.0652. The molecule has 0 bridgehead atoms. The first-order valence-corrected chi connectivity index (χ1v) is 13.9. The summed E-state index contributed by atoms with van der Waals surface area (Å²) in [7, 11) is 0. The first kappa shape index (κ1) is 27.2. The third-order valence-electron chi connectivity index (χ3n) is 9.44. The van der Waals surface area contributed by atoms with Crippen LogP contribution in [0.5, 0.6) is 0 Å². The van der Waals surface area contributed by atoms with Crippen LogP contribution in [0, 0.1) is 11.3 Å². The Morgan fingerprint density at radius 2 is 1.90 bits per heavy atom. The fourth-order valence-corrected chi connectivity index (χ4v) is 7.32. The number of hydrogen-bond donors (Lipinski definition) is 2. The Bertz CT molecular complexity index is 1460. The maximum absolute atomic E-state index is 13.5. The molecule has 3 heterocycles. The molecule has 7 atom stereocenters. The van der Waals surface area contributed by atoms with Crippen molar-refractivity contribution < 1.29 is 27.6 Å². The SMILES string of the molecule is C[C@@H]1[C@H](c2ccccc2)C[C@H](NC(=O)c2ccc3c(c2)C[C@@]2(C(=O)NC4N=CC=CC42)[C@@H]3C)C(=O)N1CC(F)(F)F. The monoisotopic (exact) mass is 564 g/mol. The number of nitrogens with zero attached hydrogens (tertiary/aromatic N) is 2. The summed E-state index contributed by atoms with van der Waals surface area (Å²) in [6, 6.07) is 12.5. The molecule has 10 heteroatoms. The summed E-state index contributed by atoms with van der Waals surface area (Å²) >= 11 is 0. The minimum Gasteiger partial charge on any atom is -0.340 e. The average molecular weight is 565 g/mol. The van der Waals surface area contributed by atoms with Crippen molar-refractivity contribution in [2.45, 2.75) is 63.0 Å². The average Bonchev–Trinajstić information content (AvgIpc) is 3.40. The van der Waals surface area contributed by atoms with Crippen LogP contribution in [0.15, 0.2) is 65.7 Å². The van der Waals surface area contributed by atoms with Gasteiger partial charge in [-0.25, -0.2) is 0 Å². The van der Waals surface area contributed by atoms with Gasteiger partial charge in [0, 0.05) is 29.7 Å². The van der Waals surface area contributed by atoms with Gasteiger partial charge in [-0.2, -0.15) is 13.2 Å². The molecule has 2 aromatic carbocycles.